The number of hydrogen-bond acceptors (Lipinski definition) is 4. The highest BCUT2D eigenvalue weighted by Crippen LogP contribution is 2.21. The van der Waals surface area contributed by atoms with Gasteiger partial charge in [-0.15, -0.1) is 5.10 Å². The van der Waals surface area contributed by atoms with Gasteiger partial charge in [0.05, 0.1) is 29.1 Å². The van der Waals surface area contributed by atoms with Crippen molar-refractivity contribution >= 4 is 11.6 Å². The summed E-state index contributed by atoms with van der Waals surface area (Å²) in [6.45, 7) is 3.84. The molecule has 2 aromatic heterocycles. The van der Waals surface area contributed by atoms with Crippen molar-refractivity contribution in [3.63, 3.8) is 0 Å². The molecule has 0 bridgehead atoms. The maximum Gasteiger partial charge on any atom is 0.278 e. The zero-order valence-corrected chi connectivity index (χ0v) is 15.0. The van der Waals surface area contributed by atoms with Crippen molar-refractivity contribution in [2.24, 2.45) is 0 Å². The summed E-state index contributed by atoms with van der Waals surface area (Å²) in [6.07, 6.45) is 5.20. The van der Waals surface area contributed by atoms with Gasteiger partial charge in [0.15, 0.2) is 5.69 Å². The van der Waals surface area contributed by atoms with Crippen LogP contribution in [-0.4, -0.2) is 30.5 Å². The highest BCUT2D eigenvalue weighted by atomic mass is 16.2. The Hall–Kier alpha value is -3.74. The zero-order valence-electron chi connectivity index (χ0n) is 15.0. The summed E-state index contributed by atoms with van der Waals surface area (Å²) in [5, 5.41) is 11.2. The predicted molar refractivity (Wildman–Crippen MR) is 102 cm³/mol. The highest BCUT2D eigenvalue weighted by molar-refractivity contribution is 6.04. The largest absolute Gasteiger partial charge is 0.319 e. The Morgan fingerprint density at radius 1 is 1.07 bits per heavy atom. The fourth-order valence-corrected chi connectivity index (χ4v) is 2.93. The molecule has 0 aliphatic rings. The number of aryl methyl sites for hydroxylation is 1. The van der Waals surface area contributed by atoms with Crippen LogP contribution in [0.25, 0.3) is 11.4 Å². The highest BCUT2D eigenvalue weighted by Gasteiger charge is 2.18. The number of para-hydroxylation sites is 2. The number of amides is 1. The molecule has 0 radical (unpaired) electrons. The lowest BCUT2D eigenvalue weighted by Crippen LogP contribution is -2.15. The van der Waals surface area contributed by atoms with Crippen LogP contribution < -0.4 is 5.32 Å². The number of benzene rings is 2. The molecule has 134 valence electrons. The molecule has 0 unspecified atom stereocenters. The predicted octanol–water partition coefficient (Wildman–Crippen LogP) is 3.32. The van der Waals surface area contributed by atoms with Crippen LogP contribution in [0.5, 0.6) is 0 Å². The lowest BCUT2D eigenvalue weighted by atomic mass is 10.2. The molecule has 2 aromatic carbocycles. The molecule has 4 aromatic rings. The second-order valence-corrected chi connectivity index (χ2v) is 6.22. The Labute approximate surface area is 156 Å². The SMILES string of the molecule is Cc1cccc(-n2nnc(C(=O)Nc3ccccc3-n3ccnc3)c2C)c1. The number of hydrogen-bond donors (Lipinski definition) is 1. The smallest absolute Gasteiger partial charge is 0.278 e. The van der Waals surface area contributed by atoms with E-state index >= 15 is 0 Å². The summed E-state index contributed by atoms with van der Waals surface area (Å²) in [4.78, 5) is 16.9. The standard InChI is InChI=1S/C20H18N6O/c1-14-6-5-7-16(12-14)26-15(2)19(23-24-26)20(27)22-17-8-3-4-9-18(17)25-11-10-21-13-25/h3-13H,1-2H3,(H,22,27). The van der Waals surface area contributed by atoms with E-state index in [-0.39, 0.29) is 11.6 Å². The number of rotatable bonds is 4. The van der Waals surface area contributed by atoms with Crippen molar-refractivity contribution in [1.29, 1.82) is 0 Å². The molecule has 0 atom stereocenters. The van der Waals surface area contributed by atoms with Crippen LogP contribution in [0.1, 0.15) is 21.7 Å². The number of carbonyl (C=O) groups excluding carboxylic acids is 1. The molecule has 7 heteroatoms. The number of nitrogens with zero attached hydrogens (tertiary/aromatic N) is 5. The maximum atomic E-state index is 12.8. The van der Waals surface area contributed by atoms with Crippen molar-refractivity contribution in [2.75, 3.05) is 5.32 Å². The summed E-state index contributed by atoms with van der Waals surface area (Å²) in [5.74, 6) is -0.307. The van der Waals surface area contributed by atoms with Crippen LogP contribution in [-0.2, 0) is 0 Å². The first kappa shape index (κ1) is 16.7. The second kappa shape index (κ2) is 6.87. The van der Waals surface area contributed by atoms with Gasteiger partial charge in [0.1, 0.15) is 0 Å². The number of imidazole rings is 1. The van der Waals surface area contributed by atoms with Crippen LogP contribution in [0, 0.1) is 13.8 Å². The van der Waals surface area contributed by atoms with E-state index in [9.17, 15) is 4.79 Å². The third-order valence-electron chi connectivity index (χ3n) is 4.29. The van der Waals surface area contributed by atoms with Gasteiger partial charge in [-0.2, -0.15) is 0 Å². The van der Waals surface area contributed by atoms with Crippen LogP contribution in [0.4, 0.5) is 5.69 Å². The van der Waals surface area contributed by atoms with Crippen LogP contribution >= 0.6 is 0 Å². The Kier molecular flexibility index (Phi) is 4.25. The Morgan fingerprint density at radius 2 is 1.93 bits per heavy atom. The third-order valence-corrected chi connectivity index (χ3v) is 4.29. The summed E-state index contributed by atoms with van der Waals surface area (Å²) in [7, 11) is 0. The minimum atomic E-state index is -0.307. The Morgan fingerprint density at radius 3 is 2.70 bits per heavy atom. The van der Waals surface area contributed by atoms with Gasteiger partial charge < -0.3 is 9.88 Å². The summed E-state index contributed by atoms with van der Waals surface area (Å²) >= 11 is 0. The van der Waals surface area contributed by atoms with E-state index in [1.165, 1.54) is 0 Å². The fraction of sp³-hybridized carbons (Fsp3) is 0.100. The lowest BCUT2D eigenvalue weighted by Gasteiger charge is -2.11. The van der Waals surface area contributed by atoms with Crippen LogP contribution in [0.15, 0.2) is 67.3 Å². The molecule has 0 saturated heterocycles. The third kappa shape index (κ3) is 3.22. The van der Waals surface area contributed by atoms with Crippen molar-refractivity contribution in [3.05, 3.63) is 84.2 Å². The van der Waals surface area contributed by atoms with Crippen molar-refractivity contribution in [3.8, 4) is 11.4 Å². The minimum Gasteiger partial charge on any atom is -0.319 e. The van der Waals surface area contributed by atoms with Gasteiger partial charge in [-0.05, 0) is 43.7 Å². The molecule has 4 rings (SSSR count). The first-order valence-corrected chi connectivity index (χ1v) is 8.51. The van der Waals surface area contributed by atoms with Gasteiger partial charge in [-0.25, -0.2) is 9.67 Å². The van der Waals surface area contributed by atoms with E-state index in [4.69, 9.17) is 0 Å². The summed E-state index contributed by atoms with van der Waals surface area (Å²) < 4.78 is 3.51. The Bertz CT molecular complexity index is 1100. The second-order valence-electron chi connectivity index (χ2n) is 6.22. The average Bonchev–Trinajstić information content (AvgIpc) is 3.32. The molecule has 1 N–H and O–H groups in total. The lowest BCUT2D eigenvalue weighted by molar-refractivity contribution is 0.102. The van der Waals surface area contributed by atoms with Crippen LogP contribution in [0.2, 0.25) is 0 Å². The van der Waals surface area contributed by atoms with Crippen molar-refractivity contribution in [2.45, 2.75) is 13.8 Å². The first-order chi connectivity index (χ1) is 13.1. The molecule has 2 heterocycles. The van der Waals surface area contributed by atoms with Gasteiger partial charge >= 0.3 is 0 Å². The van der Waals surface area contributed by atoms with Gasteiger partial charge in [0.2, 0.25) is 0 Å². The van der Waals surface area contributed by atoms with E-state index in [0.29, 0.717) is 11.4 Å². The molecule has 7 nitrogen and oxygen atoms in total. The quantitative estimate of drug-likeness (QED) is 0.607. The molecule has 0 saturated carbocycles. The molecular weight excluding hydrogens is 340 g/mol. The molecular formula is C20H18N6O. The van der Waals surface area contributed by atoms with E-state index in [1.807, 2.05) is 73.1 Å². The normalized spacial score (nSPS) is 10.7. The Balaban J connectivity index is 1.64. The van der Waals surface area contributed by atoms with Crippen LogP contribution in [0.3, 0.4) is 0 Å². The molecule has 0 spiro atoms. The van der Waals surface area contributed by atoms with E-state index < -0.39 is 0 Å². The number of aromatic nitrogens is 5. The van der Waals surface area contributed by atoms with Gasteiger partial charge in [0, 0.05) is 12.4 Å². The fourth-order valence-electron chi connectivity index (χ4n) is 2.93. The zero-order chi connectivity index (χ0) is 18.8. The first-order valence-electron chi connectivity index (χ1n) is 8.51. The van der Waals surface area contributed by atoms with E-state index in [2.05, 4.69) is 20.6 Å². The van der Waals surface area contributed by atoms with Crippen molar-refractivity contribution in [1.82, 2.24) is 24.5 Å². The monoisotopic (exact) mass is 358 g/mol. The molecule has 0 fully saturated rings. The summed E-state index contributed by atoms with van der Waals surface area (Å²) in [6, 6.07) is 15.4. The summed E-state index contributed by atoms with van der Waals surface area (Å²) in [5.41, 5.74) is 4.45. The van der Waals surface area contributed by atoms with Gasteiger partial charge in [-0.3, -0.25) is 4.79 Å². The number of nitrogens with one attached hydrogen (secondary N) is 1. The molecule has 0 aliphatic heterocycles. The maximum absolute atomic E-state index is 12.8. The van der Waals surface area contributed by atoms with E-state index in [0.717, 1.165) is 16.9 Å². The molecule has 1 amide bonds. The van der Waals surface area contributed by atoms with Crippen molar-refractivity contribution < 1.29 is 4.79 Å². The number of carbonyl (C=O) groups is 1. The molecule has 0 aliphatic carbocycles. The average molecular weight is 358 g/mol. The van der Waals surface area contributed by atoms with Gasteiger partial charge in [-0.1, -0.05) is 29.5 Å². The van der Waals surface area contributed by atoms with Gasteiger partial charge in [0.25, 0.3) is 5.91 Å². The number of anilines is 1. The van der Waals surface area contributed by atoms with E-state index in [1.54, 1.807) is 17.2 Å². The minimum absolute atomic E-state index is 0.289. The molecule has 27 heavy (non-hydrogen) atoms. The topological polar surface area (TPSA) is 77.6 Å².